The van der Waals surface area contributed by atoms with E-state index in [-0.39, 0.29) is 5.56 Å². The van der Waals surface area contributed by atoms with Gasteiger partial charge in [-0.3, -0.25) is 4.98 Å². The average molecular weight is 321 g/mol. The van der Waals surface area contributed by atoms with E-state index in [1.54, 1.807) is 6.08 Å². The number of aromatic nitrogens is 1. The number of hydrogen-bond donors (Lipinski definition) is 2. The Balaban J connectivity index is 2.36. The maximum absolute atomic E-state index is 11.3. The summed E-state index contributed by atoms with van der Waals surface area (Å²) in [5.41, 5.74) is 0.547. The van der Waals surface area contributed by atoms with Crippen molar-refractivity contribution in [3.63, 3.8) is 0 Å². The number of carboxylic acids is 1. The Morgan fingerprint density at radius 2 is 1.95 bits per heavy atom. The van der Waals surface area contributed by atoms with Crippen molar-refractivity contribution in [2.75, 3.05) is 5.75 Å². The maximum Gasteiger partial charge on any atom is 0.491 e. The van der Waals surface area contributed by atoms with E-state index in [2.05, 4.69) is 17.6 Å². The number of hydrogen-bond acceptors (Lipinski definition) is 5. The minimum absolute atomic E-state index is 0.186. The highest BCUT2D eigenvalue weighted by Gasteiger charge is 2.52. The first-order valence-corrected chi connectivity index (χ1v) is 7.65. The van der Waals surface area contributed by atoms with Gasteiger partial charge in [-0.05, 0) is 39.2 Å². The highest BCUT2D eigenvalue weighted by Crippen LogP contribution is 2.39. The van der Waals surface area contributed by atoms with Gasteiger partial charge in [0.2, 0.25) is 0 Å². The van der Waals surface area contributed by atoms with Gasteiger partial charge in [0, 0.05) is 23.7 Å². The van der Waals surface area contributed by atoms with Crippen molar-refractivity contribution in [1.29, 1.82) is 0 Å². The van der Waals surface area contributed by atoms with E-state index in [1.165, 1.54) is 18.5 Å². The second kappa shape index (κ2) is 6.06. The van der Waals surface area contributed by atoms with Crippen LogP contribution in [0.15, 0.2) is 23.9 Å². The zero-order valence-electron chi connectivity index (χ0n) is 13.2. The molecule has 0 unspecified atom stereocenters. The molecule has 0 aromatic carbocycles. The molecule has 1 aromatic rings. The van der Waals surface area contributed by atoms with Crippen LogP contribution in [0.5, 0.6) is 0 Å². The van der Waals surface area contributed by atoms with Gasteiger partial charge in [0.25, 0.3) is 0 Å². The van der Waals surface area contributed by atoms with Crippen LogP contribution in [0.3, 0.4) is 0 Å². The lowest BCUT2D eigenvalue weighted by Gasteiger charge is -2.32. The number of carboxylic acid groups (broad SMARTS) is 1. The molecule has 0 aliphatic carbocycles. The number of carbonyl (C=O) groups is 1. The first kappa shape index (κ1) is 17.1. The zero-order valence-corrected chi connectivity index (χ0v) is 14.1. The number of thiol groups is 1. The van der Waals surface area contributed by atoms with Crippen LogP contribution in [0, 0.1) is 0 Å². The summed E-state index contributed by atoms with van der Waals surface area (Å²) in [7, 11) is -0.552. The molecule has 22 heavy (non-hydrogen) atoms. The minimum atomic E-state index is -0.999. The third kappa shape index (κ3) is 3.21. The Labute approximate surface area is 136 Å². The van der Waals surface area contributed by atoms with Crippen LogP contribution in [0.4, 0.5) is 0 Å². The number of pyridine rings is 1. The van der Waals surface area contributed by atoms with Crippen molar-refractivity contribution in [3.05, 3.63) is 35.1 Å². The molecule has 0 radical (unpaired) electrons. The molecule has 0 saturated carbocycles. The van der Waals surface area contributed by atoms with Crippen LogP contribution < -0.4 is 0 Å². The molecule has 0 atom stereocenters. The molecule has 0 amide bonds. The van der Waals surface area contributed by atoms with Gasteiger partial charge in [-0.25, -0.2) is 4.79 Å². The Hall–Kier alpha value is -1.31. The number of rotatable bonds is 4. The second-order valence-corrected chi connectivity index (χ2v) is 6.55. The monoisotopic (exact) mass is 321 g/mol. The standard InChI is InChI=1S/C15H20BNO4S/c1-14(2)15(3,4)21-16(20-14)11(9-22)7-10-8-17-6-5-12(10)13(18)19/h5-8,22H,9H2,1-4H3,(H,18,19). The fraction of sp³-hybridized carbons (Fsp3) is 0.467. The predicted octanol–water partition coefficient (Wildman–Crippen LogP) is 2.72. The molecular weight excluding hydrogens is 301 g/mol. The SMILES string of the molecule is CC1(C)OB(C(=Cc2cnccc2C(=O)O)CS)OC1(C)C. The van der Waals surface area contributed by atoms with E-state index in [0.717, 1.165) is 5.47 Å². The topological polar surface area (TPSA) is 68.7 Å². The van der Waals surface area contributed by atoms with E-state index in [1.807, 2.05) is 27.7 Å². The summed E-state index contributed by atoms with van der Waals surface area (Å²) in [6.07, 6.45) is 4.69. The summed E-state index contributed by atoms with van der Waals surface area (Å²) >= 11 is 4.32. The molecular formula is C15H20BNO4S. The van der Waals surface area contributed by atoms with Gasteiger partial charge in [0.15, 0.2) is 0 Å². The van der Waals surface area contributed by atoms with E-state index in [0.29, 0.717) is 11.3 Å². The predicted molar refractivity (Wildman–Crippen MR) is 89.1 cm³/mol. The molecule has 7 heteroatoms. The third-order valence-corrected chi connectivity index (χ3v) is 4.53. The first-order chi connectivity index (χ1) is 10.2. The quantitative estimate of drug-likeness (QED) is 0.659. The molecule has 2 heterocycles. The van der Waals surface area contributed by atoms with E-state index in [4.69, 9.17) is 9.31 Å². The van der Waals surface area contributed by atoms with Crippen molar-refractivity contribution < 1.29 is 19.2 Å². The molecule has 1 fully saturated rings. The maximum atomic E-state index is 11.3. The zero-order chi connectivity index (χ0) is 16.5. The largest absolute Gasteiger partial charge is 0.491 e. The summed E-state index contributed by atoms with van der Waals surface area (Å²) in [4.78, 5) is 15.3. The molecule has 118 valence electrons. The van der Waals surface area contributed by atoms with Crippen molar-refractivity contribution in [1.82, 2.24) is 4.98 Å². The third-order valence-electron chi connectivity index (χ3n) is 4.16. The second-order valence-electron chi connectivity index (χ2n) is 6.23. The van der Waals surface area contributed by atoms with Gasteiger partial charge in [-0.1, -0.05) is 6.08 Å². The lowest BCUT2D eigenvalue weighted by atomic mass is 9.78. The van der Waals surface area contributed by atoms with Crippen LogP contribution in [0.1, 0.15) is 43.6 Å². The van der Waals surface area contributed by atoms with Gasteiger partial charge >= 0.3 is 13.1 Å². The van der Waals surface area contributed by atoms with Crippen LogP contribution >= 0.6 is 12.6 Å². The van der Waals surface area contributed by atoms with Crippen molar-refractivity contribution in [2.24, 2.45) is 0 Å². The molecule has 1 aliphatic rings. The van der Waals surface area contributed by atoms with E-state index < -0.39 is 24.3 Å². The van der Waals surface area contributed by atoms with E-state index >= 15 is 0 Å². The summed E-state index contributed by atoms with van der Waals surface area (Å²) in [5.74, 6) is -0.605. The van der Waals surface area contributed by atoms with E-state index in [9.17, 15) is 9.90 Å². The van der Waals surface area contributed by atoms with Crippen LogP contribution in [-0.4, -0.2) is 40.1 Å². The highest BCUT2D eigenvalue weighted by atomic mass is 32.1. The fourth-order valence-electron chi connectivity index (χ4n) is 2.10. The van der Waals surface area contributed by atoms with Gasteiger partial charge in [0.05, 0.1) is 16.8 Å². The molecule has 1 N–H and O–H groups in total. The van der Waals surface area contributed by atoms with Crippen molar-refractivity contribution in [3.8, 4) is 0 Å². The Kier molecular flexibility index (Phi) is 4.70. The summed E-state index contributed by atoms with van der Waals surface area (Å²) in [6.45, 7) is 7.87. The molecule has 2 rings (SSSR count). The molecule has 1 aliphatic heterocycles. The summed E-state index contributed by atoms with van der Waals surface area (Å²) in [5, 5.41) is 9.24. The first-order valence-electron chi connectivity index (χ1n) is 7.02. The van der Waals surface area contributed by atoms with Crippen molar-refractivity contribution >= 4 is 31.8 Å². The highest BCUT2D eigenvalue weighted by molar-refractivity contribution is 7.80. The Bertz CT molecular complexity index is 599. The Morgan fingerprint density at radius 1 is 1.36 bits per heavy atom. The normalized spacial score (nSPS) is 20.2. The number of aromatic carboxylic acids is 1. The summed E-state index contributed by atoms with van der Waals surface area (Å²) in [6, 6.07) is 1.47. The van der Waals surface area contributed by atoms with Crippen LogP contribution in [0.2, 0.25) is 0 Å². The smallest absolute Gasteiger partial charge is 0.478 e. The minimum Gasteiger partial charge on any atom is -0.478 e. The average Bonchev–Trinajstić information content (AvgIpc) is 2.64. The van der Waals surface area contributed by atoms with Gasteiger partial charge in [0.1, 0.15) is 0 Å². The van der Waals surface area contributed by atoms with Crippen LogP contribution in [0.25, 0.3) is 6.08 Å². The number of nitrogens with zero attached hydrogens (tertiary/aromatic N) is 1. The lowest BCUT2D eigenvalue weighted by Crippen LogP contribution is -2.41. The molecule has 0 spiro atoms. The lowest BCUT2D eigenvalue weighted by molar-refractivity contribution is 0.00578. The fourth-order valence-corrected chi connectivity index (χ4v) is 2.34. The summed E-state index contributed by atoms with van der Waals surface area (Å²) < 4.78 is 12.0. The van der Waals surface area contributed by atoms with Crippen molar-refractivity contribution in [2.45, 2.75) is 38.9 Å². The molecule has 1 saturated heterocycles. The van der Waals surface area contributed by atoms with Gasteiger partial charge < -0.3 is 14.4 Å². The van der Waals surface area contributed by atoms with Gasteiger partial charge in [-0.15, -0.1) is 0 Å². The van der Waals surface area contributed by atoms with Gasteiger partial charge in [-0.2, -0.15) is 12.6 Å². The Morgan fingerprint density at radius 3 is 2.45 bits per heavy atom. The van der Waals surface area contributed by atoms with Crippen LogP contribution in [-0.2, 0) is 9.31 Å². The molecule has 0 bridgehead atoms. The molecule has 5 nitrogen and oxygen atoms in total. The molecule has 1 aromatic heterocycles.